The van der Waals surface area contributed by atoms with E-state index in [0.717, 1.165) is 5.56 Å². The molecule has 0 amide bonds. The van der Waals surface area contributed by atoms with Crippen LogP contribution in [0.5, 0.6) is 0 Å². The number of rotatable bonds is 2. The first-order valence-corrected chi connectivity index (χ1v) is 7.34. The highest BCUT2D eigenvalue weighted by molar-refractivity contribution is 6.30. The molecule has 0 radical (unpaired) electrons. The molecule has 1 N–H and O–H groups in total. The van der Waals surface area contributed by atoms with Gasteiger partial charge in [0.1, 0.15) is 0 Å². The number of fused-ring (bicyclic) bond motifs is 1. The van der Waals surface area contributed by atoms with Crippen LogP contribution < -0.4 is 0 Å². The maximum Gasteiger partial charge on any atom is 0.307 e. The Morgan fingerprint density at radius 2 is 1.68 bits per heavy atom. The predicted molar refractivity (Wildman–Crippen MR) is 91.5 cm³/mol. The molecular formula is C19H17ClO2. The number of carboxylic acid groups (broad SMARTS) is 1. The topological polar surface area (TPSA) is 37.3 Å². The molecule has 0 fully saturated rings. The third-order valence-electron chi connectivity index (χ3n) is 3.25. The zero-order valence-electron chi connectivity index (χ0n) is 12.3. The van der Waals surface area contributed by atoms with E-state index < -0.39 is 5.97 Å². The Bertz CT molecular complexity index is 776. The lowest BCUT2D eigenvalue weighted by Gasteiger charge is -1.98. The van der Waals surface area contributed by atoms with E-state index in [-0.39, 0.29) is 6.42 Å². The molecule has 3 rings (SSSR count). The van der Waals surface area contributed by atoms with E-state index in [0.29, 0.717) is 5.02 Å². The molecule has 0 heterocycles. The Morgan fingerprint density at radius 3 is 2.36 bits per heavy atom. The summed E-state index contributed by atoms with van der Waals surface area (Å²) in [5.41, 5.74) is 2.08. The SMILES string of the molecule is Cc1cccc2ccccc12.O=C(O)Cc1cccc(Cl)c1. The second-order valence-electron chi connectivity index (χ2n) is 5.00. The van der Waals surface area contributed by atoms with Gasteiger partial charge in [0, 0.05) is 5.02 Å². The number of aryl methyl sites for hydroxylation is 1. The highest BCUT2D eigenvalue weighted by atomic mass is 35.5. The highest BCUT2D eigenvalue weighted by Crippen LogP contribution is 2.16. The van der Waals surface area contributed by atoms with Crippen molar-refractivity contribution in [2.75, 3.05) is 0 Å². The Hall–Kier alpha value is -2.32. The Kier molecular flexibility index (Phi) is 5.56. The molecule has 0 aliphatic heterocycles. The molecule has 0 unspecified atom stereocenters. The van der Waals surface area contributed by atoms with Crippen molar-refractivity contribution >= 4 is 28.3 Å². The summed E-state index contributed by atoms with van der Waals surface area (Å²) >= 11 is 5.64. The summed E-state index contributed by atoms with van der Waals surface area (Å²) in [5.74, 6) is -0.840. The van der Waals surface area contributed by atoms with Crippen molar-refractivity contribution in [3.8, 4) is 0 Å². The normalized spacial score (nSPS) is 9.91. The quantitative estimate of drug-likeness (QED) is 0.713. The minimum absolute atomic E-state index is 0.0283. The molecule has 0 aliphatic carbocycles. The molecule has 3 aromatic rings. The molecule has 112 valence electrons. The Morgan fingerprint density at radius 1 is 1.00 bits per heavy atom. The van der Waals surface area contributed by atoms with Gasteiger partial charge in [-0.2, -0.15) is 0 Å². The first-order valence-electron chi connectivity index (χ1n) is 6.97. The number of hydrogen-bond donors (Lipinski definition) is 1. The molecule has 0 bridgehead atoms. The van der Waals surface area contributed by atoms with E-state index in [1.165, 1.54) is 16.3 Å². The van der Waals surface area contributed by atoms with Crippen LogP contribution in [0.4, 0.5) is 0 Å². The van der Waals surface area contributed by atoms with Crippen molar-refractivity contribution in [2.24, 2.45) is 0 Å². The average molecular weight is 313 g/mol. The van der Waals surface area contributed by atoms with Crippen LogP contribution in [0, 0.1) is 6.92 Å². The van der Waals surface area contributed by atoms with Crippen molar-refractivity contribution in [1.82, 2.24) is 0 Å². The summed E-state index contributed by atoms with van der Waals surface area (Å²) in [5, 5.41) is 11.7. The van der Waals surface area contributed by atoms with Gasteiger partial charge in [-0.25, -0.2) is 0 Å². The van der Waals surface area contributed by atoms with Crippen molar-refractivity contribution in [1.29, 1.82) is 0 Å². The van der Waals surface area contributed by atoms with Crippen molar-refractivity contribution in [3.63, 3.8) is 0 Å². The van der Waals surface area contributed by atoms with Gasteiger partial charge in [0.05, 0.1) is 6.42 Å². The molecule has 0 atom stereocenters. The lowest BCUT2D eigenvalue weighted by Crippen LogP contribution is -1.99. The van der Waals surface area contributed by atoms with Crippen LogP contribution in [-0.2, 0) is 11.2 Å². The molecule has 2 nitrogen and oxygen atoms in total. The van der Waals surface area contributed by atoms with Gasteiger partial charge in [0.15, 0.2) is 0 Å². The van der Waals surface area contributed by atoms with Crippen LogP contribution in [0.25, 0.3) is 10.8 Å². The van der Waals surface area contributed by atoms with Crippen molar-refractivity contribution < 1.29 is 9.90 Å². The van der Waals surface area contributed by atoms with Crippen molar-refractivity contribution in [3.05, 3.63) is 82.9 Å². The number of halogens is 1. The molecule has 0 aliphatic rings. The van der Waals surface area contributed by atoms with Gasteiger partial charge in [0.25, 0.3) is 0 Å². The zero-order valence-corrected chi connectivity index (χ0v) is 13.0. The number of aliphatic carboxylic acids is 1. The monoisotopic (exact) mass is 312 g/mol. The van der Waals surface area contributed by atoms with Gasteiger partial charge >= 0.3 is 5.97 Å². The van der Waals surface area contributed by atoms with E-state index in [1.807, 2.05) is 0 Å². The lowest BCUT2D eigenvalue weighted by molar-refractivity contribution is -0.136. The maximum absolute atomic E-state index is 10.2. The number of carbonyl (C=O) groups is 1. The number of benzene rings is 3. The van der Waals surface area contributed by atoms with Crippen molar-refractivity contribution in [2.45, 2.75) is 13.3 Å². The van der Waals surface area contributed by atoms with Crippen LogP contribution in [0.15, 0.2) is 66.7 Å². The van der Waals surface area contributed by atoms with E-state index in [1.54, 1.807) is 24.3 Å². The largest absolute Gasteiger partial charge is 0.481 e. The van der Waals surface area contributed by atoms with Gasteiger partial charge in [-0.1, -0.05) is 66.2 Å². The van der Waals surface area contributed by atoms with Gasteiger partial charge < -0.3 is 5.11 Å². The summed E-state index contributed by atoms with van der Waals surface area (Å²) in [6, 6.07) is 21.7. The van der Waals surface area contributed by atoms with E-state index >= 15 is 0 Å². The van der Waals surface area contributed by atoms with Crippen LogP contribution in [0.3, 0.4) is 0 Å². The summed E-state index contributed by atoms with van der Waals surface area (Å²) in [4.78, 5) is 10.2. The van der Waals surface area contributed by atoms with E-state index in [4.69, 9.17) is 16.7 Å². The molecule has 3 aromatic carbocycles. The van der Waals surface area contributed by atoms with Gasteiger partial charge in [0.2, 0.25) is 0 Å². The van der Waals surface area contributed by atoms with E-state index in [9.17, 15) is 4.79 Å². The Balaban J connectivity index is 0.000000160. The minimum atomic E-state index is -0.840. The molecule has 0 saturated heterocycles. The second kappa shape index (κ2) is 7.62. The Labute approximate surface area is 135 Å². The van der Waals surface area contributed by atoms with Crippen LogP contribution in [0.2, 0.25) is 5.02 Å². The van der Waals surface area contributed by atoms with Gasteiger partial charge in [-0.15, -0.1) is 0 Å². The summed E-state index contributed by atoms with van der Waals surface area (Å²) in [6.07, 6.45) is 0.0283. The fourth-order valence-electron chi connectivity index (χ4n) is 2.21. The summed E-state index contributed by atoms with van der Waals surface area (Å²) < 4.78 is 0. The fraction of sp³-hybridized carbons (Fsp3) is 0.105. The first-order chi connectivity index (χ1) is 10.6. The maximum atomic E-state index is 10.2. The summed E-state index contributed by atoms with van der Waals surface area (Å²) in [7, 11) is 0. The van der Waals surface area contributed by atoms with Crippen LogP contribution >= 0.6 is 11.6 Å². The molecule has 3 heteroatoms. The third-order valence-corrected chi connectivity index (χ3v) is 3.49. The highest BCUT2D eigenvalue weighted by Gasteiger charge is 1.99. The molecular weight excluding hydrogens is 296 g/mol. The van der Waals surface area contributed by atoms with Gasteiger partial charge in [-0.3, -0.25) is 4.79 Å². The second-order valence-corrected chi connectivity index (χ2v) is 5.43. The average Bonchev–Trinajstić information content (AvgIpc) is 2.48. The zero-order chi connectivity index (χ0) is 15.9. The smallest absolute Gasteiger partial charge is 0.307 e. The molecule has 0 aromatic heterocycles. The molecule has 22 heavy (non-hydrogen) atoms. The summed E-state index contributed by atoms with van der Waals surface area (Å²) in [6.45, 7) is 2.14. The predicted octanol–water partition coefficient (Wildman–Crippen LogP) is 5.12. The van der Waals surface area contributed by atoms with Crippen LogP contribution in [0.1, 0.15) is 11.1 Å². The first kappa shape index (κ1) is 16.1. The number of hydrogen-bond acceptors (Lipinski definition) is 1. The third kappa shape index (κ3) is 4.61. The standard InChI is InChI=1S/C11H10.C8H7ClO2/c1-9-5-4-7-10-6-2-3-8-11(9)10;9-7-3-1-2-6(4-7)5-8(10)11/h2-8H,1H3;1-4H,5H2,(H,10,11). The minimum Gasteiger partial charge on any atom is -0.481 e. The van der Waals surface area contributed by atoms with E-state index in [2.05, 4.69) is 49.4 Å². The number of carboxylic acids is 1. The molecule has 0 saturated carbocycles. The lowest BCUT2D eigenvalue weighted by atomic mass is 10.1. The van der Waals surface area contributed by atoms with Crippen LogP contribution in [-0.4, -0.2) is 11.1 Å². The van der Waals surface area contributed by atoms with Gasteiger partial charge in [-0.05, 0) is 41.0 Å². The fourth-order valence-corrected chi connectivity index (χ4v) is 2.42. The molecule has 0 spiro atoms.